The van der Waals surface area contributed by atoms with Crippen LogP contribution in [0.15, 0.2) is 71.1 Å². The molecule has 3 aromatic heterocycles. The number of thiazole rings is 1. The summed E-state index contributed by atoms with van der Waals surface area (Å²) in [5.74, 6) is -1.51. The average Bonchev–Trinajstić information content (AvgIpc) is 4.01. The number of carbonyl (C=O) groups is 5. The molecule has 7 rings (SSSR count). The number of aliphatic hydroxyl groups is 1. The number of pyridine rings is 2. The predicted molar refractivity (Wildman–Crippen MR) is 298 cm³/mol. The first-order chi connectivity index (χ1) is 36.7. The van der Waals surface area contributed by atoms with E-state index in [1.807, 2.05) is 76.2 Å². The number of H-pyrrole nitrogens is 1. The van der Waals surface area contributed by atoms with Gasteiger partial charge in [0.05, 0.1) is 27.7 Å². The number of amides is 5. The molecule has 1 unspecified atom stereocenters. The zero-order chi connectivity index (χ0) is 55.6. The molecule has 2 fully saturated rings. The first kappa shape index (κ1) is 57.4. The minimum absolute atomic E-state index is 0.0237. The molecule has 410 valence electrons. The summed E-state index contributed by atoms with van der Waals surface area (Å²) in [6.45, 7) is 18.1. The summed E-state index contributed by atoms with van der Waals surface area (Å²) in [7, 11) is 0. The summed E-state index contributed by atoms with van der Waals surface area (Å²) in [6, 6.07) is 15.3. The molecule has 5 heterocycles. The molecule has 2 aromatic carbocycles. The van der Waals surface area contributed by atoms with Gasteiger partial charge in [0.15, 0.2) is 0 Å². The van der Waals surface area contributed by atoms with Crippen LogP contribution in [0.2, 0.25) is 0 Å². The molecule has 0 saturated carbocycles. The number of rotatable bonds is 21. The van der Waals surface area contributed by atoms with Gasteiger partial charge < -0.3 is 56.6 Å². The number of aliphatic hydroxyl groups excluding tert-OH is 1. The number of nitrogens with zero attached hydrogens (tertiary/aromatic N) is 5. The number of benzene rings is 2. The average molecular weight is 1070 g/mol. The smallest absolute Gasteiger partial charge is 0.253 e. The highest BCUT2D eigenvalue weighted by Crippen LogP contribution is 2.31. The lowest BCUT2D eigenvalue weighted by Crippen LogP contribution is -2.58. The van der Waals surface area contributed by atoms with Gasteiger partial charge in [0.2, 0.25) is 23.6 Å². The van der Waals surface area contributed by atoms with Crippen molar-refractivity contribution in [1.29, 1.82) is 5.41 Å². The number of hydrogen-bond donors (Lipinski definition) is 8. The van der Waals surface area contributed by atoms with Gasteiger partial charge in [0.1, 0.15) is 31.1 Å². The highest BCUT2D eigenvalue weighted by Gasteiger charge is 2.44. The maximum Gasteiger partial charge on any atom is 0.253 e. The van der Waals surface area contributed by atoms with E-state index >= 15 is 0 Å². The molecule has 5 amide bonds. The summed E-state index contributed by atoms with van der Waals surface area (Å²) in [5.41, 5.74) is 8.50. The number of ether oxygens (including phenoxy) is 1. The van der Waals surface area contributed by atoms with E-state index in [1.54, 1.807) is 56.8 Å². The largest absolute Gasteiger partial charge is 0.391 e. The van der Waals surface area contributed by atoms with Gasteiger partial charge in [-0.25, -0.2) is 9.97 Å². The molecule has 3 atom stereocenters. The van der Waals surface area contributed by atoms with Gasteiger partial charge in [-0.05, 0) is 92.6 Å². The Morgan fingerprint density at radius 1 is 0.896 bits per heavy atom. The van der Waals surface area contributed by atoms with E-state index in [1.165, 1.54) is 4.90 Å². The van der Waals surface area contributed by atoms with Crippen LogP contribution < -0.4 is 37.0 Å². The fourth-order valence-electron chi connectivity index (χ4n) is 9.53. The minimum Gasteiger partial charge on any atom is -0.391 e. The standard InChI is InChI=1S/C56H72N12O8S/c1-33(2)63-45-23-40(22-42(43(45)25-57)52(72)61-28-44-34(3)21-35(4)64-53(44)73)39-13-14-47(59-27-39)67-19-17-66(18-20-67)16-15-58-48(70)30-76-31-49(71)65-51(56(6,7)8)55(75)68-29-41(69)24-46(68)54(74)60-26-37-9-11-38(12-10-37)50-36(5)62-32-77-50/h9-14,21-23,25,27,32-33,41,46,51,57,63,69H,15-20,24,26,28-31H2,1-8H3,(H,58,70)(H,60,74)(H,61,72)(H,64,73)(H,65,71)/t41-,46+,51?/m1/s1. The molecular formula is C56H72N12O8S. The SMILES string of the molecule is Cc1cc(C)c(CNC(=O)c2cc(-c3ccc(N4CCN(CCNC(=O)COCC(=O)NC(C(=O)N5C[C@H](O)C[C@H]5C(=O)NCc5ccc(-c6scnc6C)cc5)C(C)(C)C)CC4)nc3)cc(NC(C)C)c2C=N)c(=O)[nH]1. The molecule has 2 aliphatic heterocycles. The first-order valence-electron chi connectivity index (χ1n) is 25.9. The lowest BCUT2D eigenvalue weighted by molar-refractivity contribution is -0.145. The second-order valence-corrected chi connectivity index (χ2v) is 21.9. The molecule has 8 N–H and O–H groups in total. The Hall–Kier alpha value is -7.33. The predicted octanol–water partition coefficient (Wildman–Crippen LogP) is 4.30. The molecule has 2 saturated heterocycles. The quantitative estimate of drug-likeness (QED) is 0.0478. The number of anilines is 2. The van der Waals surface area contributed by atoms with Crippen molar-refractivity contribution < 1.29 is 33.8 Å². The Balaban J connectivity index is 0.838. The third-order valence-corrected chi connectivity index (χ3v) is 14.6. The van der Waals surface area contributed by atoms with E-state index in [9.17, 15) is 33.9 Å². The number of likely N-dealkylation sites (tertiary alicyclic amines) is 1. The van der Waals surface area contributed by atoms with Crippen LogP contribution in [0.3, 0.4) is 0 Å². The fourth-order valence-corrected chi connectivity index (χ4v) is 10.3. The summed E-state index contributed by atoms with van der Waals surface area (Å²) in [6.07, 6.45) is 2.08. The Morgan fingerprint density at radius 3 is 2.25 bits per heavy atom. The minimum atomic E-state index is -1.05. The van der Waals surface area contributed by atoms with Crippen LogP contribution in [0, 0.1) is 31.6 Å². The Labute approximate surface area is 453 Å². The van der Waals surface area contributed by atoms with Crippen molar-refractivity contribution in [3.63, 3.8) is 0 Å². The maximum absolute atomic E-state index is 14.0. The molecule has 5 aromatic rings. The van der Waals surface area contributed by atoms with E-state index in [4.69, 9.17) is 15.1 Å². The second-order valence-electron chi connectivity index (χ2n) is 21.1. The van der Waals surface area contributed by atoms with Gasteiger partial charge in [-0.15, -0.1) is 11.3 Å². The van der Waals surface area contributed by atoms with Crippen molar-refractivity contribution in [1.82, 2.24) is 46.0 Å². The van der Waals surface area contributed by atoms with Crippen molar-refractivity contribution in [3.05, 3.63) is 116 Å². The van der Waals surface area contributed by atoms with Gasteiger partial charge in [-0.3, -0.25) is 33.7 Å². The van der Waals surface area contributed by atoms with Crippen LogP contribution >= 0.6 is 11.3 Å². The number of piperazine rings is 1. The summed E-state index contributed by atoms with van der Waals surface area (Å²) >= 11 is 1.56. The third kappa shape index (κ3) is 15.0. The molecule has 21 heteroatoms. The number of aryl methyl sites for hydroxylation is 3. The normalized spacial score (nSPS) is 16.2. The topological polar surface area (TPSA) is 267 Å². The monoisotopic (exact) mass is 1070 g/mol. The van der Waals surface area contributed by atoms with Crippen molar-refractivity contribution in [2.24, 2.45) is 5.41 Å². The number of nitrogens with one attached hydrogen (secondary N) is 7. The molecule has 2 aliphatic rings. The van der Waals surface area contributed by atoms with E-state index in [2.05, 4.69) is 46.4 Å². The number of aromatic amines is 1. The van der Waals surface area contributed by atoms with E-state index in [0.29, 0.717) is 48.6 Å². The van der Waals surface area contributed by atoms with Crippen LogP contribution in [0.25, 0.3) is 21.6 Å². The Bertz CT molecular complexity index is 2980. The Morgan fingerprint density at radius 2 is 1.61 bits per heavy atom. The van der Waals surface area contributed by atoms with Crippen LogP contribution in [0.1, 0.15) is 85.0 Å². The maximum atomic E-state index is 14.0. The van der Waals surface area contributed by atoms with Crippen LogP contribution in [-0.2, 0) is 37.0 Å². The summed E-state index contributed by atoms with van der Waals surface area (Å²) < 4.78 is 5.46. The molecule has 20 nitrogen and oxygen atoms in total. The number of aromatic nitrogens is 3. The van der Waals surface area contributed by atoms with E-state index < -0.39 is 59.7 Å². The molecule has 0 bridgehead atoms. The van der Waals surface area contributed by atoms with E-state index in [0.717, 1.165) is 69.2 Å². The van der Waals surface area contributed by atoms with Gasteiger partial charge in [-0.2, -0.15) is 0 Å². The van der Waals surface area contributed by atoms with Crippen LogP contribution in [-0.4, -0.2) is 149 Å². The van der Waals surface area contributed by atoms with Gasteiger partial charge in [-0.1, -0.05) is 45.0 Å². The van der Waals surface area contributed by atoms with Crippen molar-refractivity contribution in [2.45, 2.75) is 99.1 Å². The first-order valence-corrected chi connectivity index (χ1v) is 26.8. The summed E-state index contributed by atoms with van der Waals surface area (Å²) in [5, 5.41) is 33.6. The zero-order valence-electron chi connectivity index (χ0n) is 45.2. The number of carbonyl (C=O) groups excluding carboxylic acids is 5. The second kappa shape index (κ2) is 25.7. The van der Waals surface area contributed by atoms with E-state index in [-0.39, 0.29) is 44.3 Å². The van der Waals surface area contributed by atoms with Gasteiger partial charge in [0, 0.05) is 112 Å². The van der Waals surface area contributed by atoms with Crippen molar-refractivity contribution >= 4 is 58.6 Å². The Kier molecular flexibility index (Phi) is 19.1. The van der Waals surface area contributed by atoms with Crippen molar-refractivity contribution in [2.75, 3.05) is 69.2 Å². The number of β-amino-alcohol motifs (C(OH)–C–C–N with tert-alkyl or cyclic N) is 1. The molecule has 0 aliphatic carbocycles. The lowest BCUT2D eigenvalue weighted by Gasteiger charge is -2.35. The molecule has 0 spiro atoms. The lowest BCUT2D eigenvalue weighted by atomic mass is 9.85. The molecule has 0 radical (unpaired) electrons. The number of hydrogen-bond acceptors (Lipinski definition) is 15. The fraction of sp³-hybridized carbons (Fsp3) is 0.446. The molecular weight excluding hydrogens is 1000 g/mol. The third-order valence-electron chi connectivity index (χ3n) is 13.6. The van der Waals surface area contributed by atoms with Crippen LogP contribution in [0.5, 0.6) is 0 Å². The van der Waals surface area contributed by atoms with Gasteiger partial charge in [0.25, 0.3) is 11.5 Å². The van der Waals surface area contributed by atoms with Crippen molar-refractivity contribution in [3.8, 4) is 21.6 Å². The highest BCUT2D eigenvalue weighted by molar-refractivity contribution is 7.13. The zero-order valence-corrected chi connectivity index (χ0v) is 46.0. The summed E-state index contributed by atoms with van der Waals surface area (Å²) in [4.78, 5) is 98.5. The van der Waals surface area contributed by atoms with Crippen LogP contribution in [0.4, 0.5) is 11.5 Å². The molecule has 77 heavy (non-hydrogen) atoms. The van der Waals surface area contributed by atoms with Gasteiger partial charge >= 0.3 is 0 Å². The highest BCUT2D eigenvalue weighted by atomic mass is 32.1.